The summed E-state index contributed by atoms with van der Waals surface area (Å²) in [5, 5.41) is 41.2. The van der Waals surface area contributed by atoms with Gasteiger partial charge in [-0.25, -0.2) is 0 Å². The van der Waals surface area contributed by atoms with Crippen LogP contribution in [0.5, 0.6) is 0 Å². The summed E-state index contributed by atoms with van der Waals surface area (Å²) < 4.78 is 5.45. The smallest absolute Gasteiger partial charge is 0.259 e. The van der Waals surface area contributed by atoms with Crippen LogP contribution in [-0.4, -0.2) is 57.4 Å². The highest BCUT2D eigenvalue weighted by atomic mass is 16.7. The zero-order valence-electron chi connectivity index (χ0n) is 28.7. The number of hydrogen-bond acceptors (Lipinski definition) is 7. The van der Waals surface area contributed by atoms with Crippen molar-refractivity contribution < 1.29 is 34.8 Å². The highest BCUT2D eigenvalue weighted by Gasteiger charge is 2.69. The zero-order chi connectivity index (χ0) is 32.8. The molecule has 5 aliphatic carbocycles. The fraction of sp³-hybridized carbons (Fsp3) is 0.865. The van der Waals surface area contributed by atoms with Crippen LogP contribution in [0.25, 0.3) is 0 Å². The number of aliphatic hydroxyl groups excluding tert-OH is 4. The summed E-state index contributed by atoms with van der Waals surface area (Å²) >= 11 is 0. The second-order valence-corrected chi connectivity index (χ2v) is 18.0. The fourth-order valence-electron chi connectivity index (χ4n) is 11.9. The van der Waals surface area contributed by atoms with E-state index in [-0.39, 0.29) is 57.2 Å². The first-order valence-electron chi connectivity index (χ1n) is 17.6. The van der Waals surface area contributed by atoms with Gasteiger partial charge in [0.25, 0.3) is 5.91 Å². The number of carbonyl (C=O) groups excluding carboxylic acids is 1. The average molecular weight is 630 g/mol. The summed E-state index contributed by atoms with van der Waals surface area (Å²) in [7, 11) is 0. The van der Waals surface area contributed by atoms with Crippen LogP contribution in [0, 0.1) is 50.2 Å². The normalized spacial score (nSPS) is 48.5. The van der Waals surface area contributed by atoms with Crippen LogP contribution in [0.2, 0.25) is 0 Å². The third-order valence-corrected chi connectivity index (χ3v) is 15.1. The summed E-state index contributed by atoms with van der Waals surface area (Å²) in [6.07, 6.45) is 9.91. The lowest BCUT2D eigenvalue weighted by Gasteiger charge is -2.71. The number of fused-ring (bicyclic) bond motifs is 7. The molecule has 6 aliphatic rings. The lowest BCUT2D eigenvalue weighted by Crippen LogP contribution is -2.65. The van der Waals surface area contributed by atoms with Crippen molar-refractivity contribution in [2.45, 2.75) is 144 Å². The maximum atomic E-state index is 14.3. The van der Waals surface area contributed by atoms with Crippen LogP contribution in [0.1, 0.15) is 119 Å². The van der Waals surface area contributed by atoms with Gasteiger partial charge < -0.3 is 30.0 Å². The lowest BCUT2D eigenvalue weighted by atomic mass is 9.33. The summed E-state index contributed by atoms with van der Waals surface area (Å²) in [5.74, 6) is 1.25. The van der Waals surface area contributed by atoms with Gasteiger partial charge in [0.05, 0.1) is 24.2 Å². The van der Waals surface area contributed by atoms with Gasteiger partial charge in [0.1, 0.15) is 18.5 Å². The van der Waals surface area contributed by atoms with Gasteiger partial charge in [0, 0.05) is 6.42 Å². The number of allylic oxidation sites excluding steroid dienone is 2. The topological polar surface area (TPSA) is 128 Å². The quantitative estimate of drug-likeness (QED) is 0.204. The van der Waals surface area contributed by atoms with Crippen LogP contribution in [-0.2, 0) is 14.4 Å². The van der Waals surface area contributed by atoms with Crippen molar-refractivity contribution in [3.05, 3.63) is 23.7 Å². The van der Waals surface area contributed by atoms with Crippen molar-refractivity contribution in [1.82, 2.24) is 5.48 Å². The molecule has 0 saturated heterocycles. The molecule has 0 radical (unpaired) electrons. The van der Waals surface area contributed by atoms with Crippen molar-refractivity contribution >= 4 is 5.91 Å². The summed E-state index contributed by atoms with van der Waals surface area (Å²) in [4.78, 5) is 20.1. The van der Waals surface area contributed by atoms with E-state index < -0.39 is 30.3 Å². The van der Waals surface area contributed by atoms with Gasteiger partial charge in [-0.1, -0.05) is 60.1 Å². The summed E-state index contributed by atoms with van der Waals surface area (Å²) in [6.45, 7) is 16.4. The van der Waals surface area contributed by atoms with Crippen molar-refractivity contribution in [2.75, 3.05) is 6.61 Å². The van der Waals surface area contributed by atoms with E-state index in [0.29, 0.717) is 11.8 Å². The Balaban J connectivity index is 1.30. The Morgan fingerprint density at radius 3 is 2.38 bits per heavy atom. The molecule has 0 aromatic rings. The highest BCUT2D eigenvalue weighted by Crippen LogP contribution is 2.75. The first kappa shape index (κ1) is 33.3. The Kier molecular flexibility index (Phi) is 8.11. The maximum Gasteiger partial charge on any atom is 0.259 e. The minimum absolute atomic E-state index is 0.00988. The largest absolute Gasteiger partial charge is 0.489 e. The molecule has 1 aliphatic heterocycles. The number of aliphatic hydroxyl groups is 4. The molecule has 45 heavy (non-hydrogen) atoms. The summed E-state index contributed by atoms with van der Waals surface area (Å²) in [5.41, 5.74) is 3.99. The molecule has 0 spiro atoms. The molecule has 5 unspecified atom stereocenters. The second kappa shape index (κ2) is 11.0. The number of amides is 1. The van der Waals surface area contributed by atoms with E-state index in [2.05, 4.69) is 60.0 Å². The van der Waals surface area contributed by atoms with Crippen LogP contribution in [0.3, 0.4) is 0 Å². The molecular weight excluding hydrogens is 570 g/mol. The molecule has 8 heteroatoms. The van der Waals surface area contributed by atoms with Gasteiger partial charge in [0.15, 0.2) is 5.76 Å². The monoisotopic (exact) mass is 629 g/mol. The molecular formula is C37H59NO7. The number of hydrogen-bond donors (Lipinski definition) is 5. The van der Waals surface area contributed by atoms with Crippen molar-refractivity contribution in [2.24, 2.45) is 50.2 Å². The third-order valence-electron chi connectivity index (χ3n) is 15.1. The Labute approximate surface area is 270 Å². The van der Waals surface area contributed by atoms with Gasteiger partial charge >= 0.3 is 0 Å². The number of hydroxylamine groups is 1. The van der Waals surface area contributed by atoms with Gasteiger partial charge in [-0.05, 0) is 109 Å². The third kappa shape index (κ3) is 4.85. The first-order chi connectivity index (χ1) is 20.9. The molecule has 0 aromatic heterocycles. The van der Waals surface area contributed by atoms with Gasteiger partial charge in [-0.2, -0.15) is 5.48 Å². The molecule has 254 valence electrons. The molecule has 1 amide bonds. The molecule has 5 N–H and O–H groups in total. The number of ether oxygens (including phenoxy) is 1. The molecule has 8 nitrogen and oxygen atoms in total. The van der Waals surface area contributed by atoms with Crippen LogP contribution in [0.15, 0.2) is 23.7 Å². The van der Waals surface area contributed by atoms with E-state index in [0.717, 1.165) is 64.2 Å². The average Bonchev–Trinajstić information content (AvgIpc) is 3.11. The zero-order valence-corrected chi connectivity index (χ0v) is 28.7. The van der Waals surface area contributed by atoms with Crippen molar-refractivity contribution in [3.8, 4) is 0 Å². The first-order valence-corrected chi connectivity index (χ1v) is 17.6. The van der Waals surface area contributed by atoms with E-state index in [4.69, 9.17) is 9.57 Å². The Bertz CT molecular complexity index is 1240. The maximum absolute atomic E-state index is 14.3. The predicted molar refractivity (Wildman–Crippen MR) is 171 cm³/mol. The van der Waals surface area contributed by atoms with E-state index in [1.54, 1.807) is 0 Å². The molecule has 11 atom stereocenters. The van der Waals surface area contributed by atoms with E-state index in [1.807, 2.05) is 0 Å². The minimum Gasteiger partial charge on any atom is -0.489 e. The van der Waals surface area contributed by atoms with Crippen LogP contribution >= 0.6 is 0 Å². The molecule has 0 aromatic carbocycles. The molecule has 1 heterocycles. The molecule has 4 fully saturated rings. The van der Waals surface area contributed by atoms with Crippen molar-refractivity contribution in [3.63, 3.8) is 0 Å². The van der Waals surface area contributed by atoms with E-state index in [9.17, 15) is 25.2 Å². The van der Waals surface area contributed by atoms with E-state index >= 15 is 0 Å². The predicted octanol–water partition coefficient (Wildman–Crippen LogP) is 5.54. The SMILES string of the molecule is CC1(C)CC[C@]2(C(=O)NOC3=CO[C@H](CO)C(O)C(O)C3)CC[C@]3(C)C(=CCC4[C@@]5(C)CC[C@H](O)C(C)(C)C5CC[C@]43C)C2C1. The minimum atomic E-state index is -1.26. The lowest BCUT2D eigenvalue weighted by molar-refractivity contribution is -0.204. The number of rotatable bonds is 4. The number of nitrogens with one attached hydrogen (secondary N) is 1. The van der Waals surface area contributed by atoms with Crippen molar-refractivity contribution in [1.29, 1.82) is 0 Å². The molecule has 4 saturated carbocycles. The number of carbonyl (C=O) groups is 1. The Morgan fingerprint density at radius 1 is 0.956 bits per heavy atom. The molecule has 0 bridgehead atoms. The molecule has 6 rings (SSSR count). The Hall–Kier alpha value is -1.61. The van der Waals surface area contributed by atoms with Gasteiger partial charge in [-0.15, -0.1) is 0 Å². The fourth-order valence-corrected chi connectivity index (χ4v) is 11.9. The standard InChI is InChI=1S/C37H59NO7/c1-32(2)14-16-37(31(43)38-45-22-18-25(40)30(42)26(20-39)44-21-22)17-15-35(6)23(24(37)19-32)8-9-28-34(5)12-11-29(41)33(3,4)27(34)10-13-36(28,35)7/h8,21,24-30,39-42H,9-20H2,1-7H3,(H,38,43)/t24?,25?,26-,27?,28?,29+,30?,34+,35-,36-,37+/m1/s1. The summed E-state index contributed by atoms with van der Waals surface area (Å²) in [6, 6.07) is 0. The van der Waals surface area contributed by atoms with Crippen LogP contribution < -0.4 is 5.48 Å². The van der Waals surface area contributed by atoms with Gasteiger partial charge in [-0.3, -0.25) is 4.79 Å². The van der Waals surface area contributed by atoms with Gasteiger partial charge in [0.2, 0.25) is 0 Å². The highest BCUT2D eigenvalue weighted by molar-refractivity contribution is 5.83. The van der Waals surface area contributed by atoms with E-state index in [1.165, 1.54) is 11.8 Å². The van der Waals surface area contributed by atoms with Crippen LogP contribution in [0.4, 0.5) is 0 Å². The Morgan fingerprint density at radius 2 is 1.67 bits per heavy atom. The second-order valence-electron chi connectivity index (χ2n) is 18.0.